The Labute approximate surface area is 154 Å². The number of hydrogen-bond donors (Lipinski definition) is 3. The summed E-state index contributed by atoms with van der Waals surface area (Å²) in [5.41, 5.74) is -1.22. The summed E-state index contributed by atoms with van der Waals surface area (Å²) in [5, 5.41) is 31.0. The first kappa shape index (κ1) is 18.3. The topological polar surface area (TPSA) is 94.8 Å². The van der Waals surface area contributed by atoms with Gasteiger partial charge in [0.25, 0.3) is 0 Å². The van der Waals surface area contributed by atoms with Crippen molar-refractivity contribution in [1.82, 2.24) is 0 Å². The molecule has 4 rings (SSSR count). The molecule has 0 radical (unpaired) electrons. The highest BCUT2D eigenvalue weighted by Crippen LogP contribution is 2.66. The maximum absolute atomic E-state index is 13.3. The minimum Gasteiger partial charge on any atom is -0.394 e. The third-order valence-corrected chi connectivity index (χ3v) is 8.59. The van der Waals surface area contributed by atoms with Crippen LogP contribution in [0.2, 0.25) is 0 Å². The number of carbonyl (C=O) groups excluding carboxylic acids is 2. The van der Waals surface area contributed by atoms with Crippen molar-refractivity contribution in [3.63, 3.8) is 0 Å². The zero-order valence-corrected chi connectivity index (χ0v) is 15.7. The van der Waals surface area contributed by atoms with E-state index in [1.807, 2.05) is 6.92 Å². The number of fused-ring (bicyclic) bond motifs is 5. The van der Waals surface area contributed by atoms with E-state index >= 15 is 0 Å². The Morgan fingerprint density at radius 1 is 1.19 bits per heavy atom. The normalized spacial score (nSPS) is 49.1. The second-order valence-corrected chi connectivity index (χ2v) is 9.56. The highest BCUT2D eigenvalue weighted by molar-refractivity contribution is 5.93. The Morgan fingerprint density at radius 2 is 1.92 bits per heavy atom. The number of hydrogen-bond acceptors (Lipinski definition) is 5. The largest absolute Gasteiger partial charge is 0.394 e. The molecule has 4 aliphatic rings. The van der Waals surface area contributed by atoms with Crippen LogP contribution in [-0.4, -0.2) is 45.2 Å². The Kier molecular flexibility index (Phi) is 4.04. The summed E-state index contributed by atoms with van der Waals surface area (Å²) in [5.74, 6) is 0.568. The van der Waals surface area contributed by atoms with Crippen molar-refractivity contribution in [1.29, 1.82) is 0 Å². The molecule has 3 N–H and O–H groups in total. The molecular formula is C21H30O5. The number of carbonyl (C=O) groups is 2. The van der Waals surface area contributed by atoms with Gasteiger partial charge in [0.05, 0.1) is 12.2 Å². The fourth-order valence-corrected chi connectivity index (χ4v) is 7.12. The van der Waals surface area contributed by atoms with Crippen LogP contribution in [0.4, 0.5) is 0 Å². The van der Waals surface area contributed by atoms with Crippen LogP contribution in [0.1, 0.15) is 58.8 Å². The lowest BCUT2D eigenvalue weighted by molar-refractivity contribution is -0.187. The molecule has 144 valence electrons. The number of ketones is 2. The zero-order valence-electron chi connectivity index (χ0n) is 15.7. The van der Waals surface area contributed by atoms with E-state index in [1.165, 1.54) is 0 Å². The van der Waals surface area contributed by atoms with Gasteiger partial charge in [-0.05, 0) is 55.4 Å². The average Bonchev–Trinajstić information content (AvgIpc) is 2.86. The van der Waals surface area contributed by atoms with Crippen molar-refractivity contribution in [2.24, 2.45) is 28.6 Å². The summed E-state index contributed by atoms with van der Waals surface area (Å²) in [6, 6.07) is 0. The van der Waals surface area contributed by atoms with Gasteiger partial charge < -0.3 is 15.3 Å². The molecule has 7 atom stereocenters. The lowest BCUT2D eigenvalue weighted by Crippen LogP contribution is -2.62. The zero-order chi connectivity index (χ0) is 18.9. The van der Waals surface area contributed by atoms with Crippen molar-refractivity contribution in [2.45, 2.75) is 70.5 Å². The standard InChI is InChI=1S/C21H30O5/c1-19-7-5-13(23)9-12(19)3-4-14-15-6-8-21(26,17(25)11-22)20(15,2)10-16(24)18(14)19/h9,14-15,17-18,22,25-26H,3-8,10-11H2,1-2H3/t14-,15+,17-,18+,19-,20-,21-/m1/s1. The van der Waals surface area contributed by atoms with E-state index in [2.05, 4.69) is 6.92 Å². The lowest BCUT2D eigenvalue weighted by atomic mass is 9.45. The molecule has 0 aromatic heterocycles. The summed E-state index contributed by atoms with van der Waals surface area (Å²) in [7, 11) is 0. The number of aliphatic hydroxyl groups is 3. The predicted molar refractivity (Wildman–Crippen MR) is 95.1 cm³/mol. The molecule has 0 aromatic carbocycles. The van der Waals surface area contributed by atoms with Crippen LogP contribution in [-0.2, 0) is 9.59 Å². The molecular weight excluding hydrogens is 332 g/mol. The molecule has 5 nitrogen and oxygen atoms in total. The number of aliphatic hydroxyl groups excluding tert-OH is 2. The van der Waals surface area contributed by atoms with Gasteiger partial charge in [-0.2, -0.15) is 0 Å². The van der Waals surface area contributed by atoms with Crippen molar-refractivity contribution in [3.05, 3.63) is 11.6 Å². The second kappa shape index (κ2) is 5.73. The van der Waals surface area contributed by atoms with Gasteiger partial charge in [-0.15, -0.1) is 0 Å². The quantitative estimate of drug-likeness (QED) is 0.696. The molecule has 0 aromatic rings. The van der Waals surface area contributed by atoms with E-state index < -0.39 is 23.7 Å². The Hall–Kier alpha value is -1.04. The number of Topliss-reactive ketones (excluding diaryl/α,β-unsaturated/α-hetero) is 1. The average molecular weight is 362 g/mol. The van der Waals surface area contributed by atoms with E-state index in [1.54, 1.807) is 6.08 Å². The van der Waals surface area contributed by atoms with Gasteiger partial charge in [0.2, 0.25) is 0 Å². The summed E-state index contributed by atoms with van der Waals surface area (Å²) in [4.78, 5) is 25.2. The lowest BCUT2D eigenvalue weighted by Gasteiger charge is -2.58. The van der Waals surface area contributed by atoms with Gasteiger partial charge >= 0.3 is 0 Å². The van der Waals surface area contributed by atoms with Crippen LogP contribution in [0.3, 0.4) is 0 Å². The minimum absolute atomic E-state index is 0.0951. The maximum atomic E-state index is 13.3. The smallest absolute Gasteiger partial charge is 0.155 e. The first-order valence-corrected chi connectivity index (χ1v) is 9.95. The molecule has 4 aliphatic carbocycles. The molecule has 0 heterocycles. The first-order chi connectivity index (χ1) is 12.2. The van der Waals surface area contributed by atoms with Crippen molar-refractivity contribution < 1.29 is 24.9 Å². The molecule has 26 heavy (non-hydrogen) atoms. The molecule has 3 fully saturated rings. The summed E-state index contributed by atoms with van der Waals surface area (Å²) in [6.45, 7) is 3.58. The minimum atomic E-state index is -1.41. The number of rotatable bonds is 2. The molecule has 0 spiro atoms. The number of allylic oxidation sites excluding steroid dienone is 1. The van der Waals surface area contributed by atoms with Gasteiger partial charge in [0.15, 0.2) is 5.78 Å². The van der Waals surface area contributed by atoms with E-state index in [4.69, 9.17) is 0 Å². The van der Waals surface area contributed by atoms with Crippen molar-refractivity contribution in [3.8, 4) is 0 Å². The van der Waals surface area contributed by atoms with Gasteiger partial charge in [-0.1, -0.05) is 19.4 Å². The second-order valence-electron chi connectivity index (χ2n) is 9.56. The first-order valence-electron chi connectivity index (χ1n) is 9.95. The fraction of sp³-hybridized carbons (Fsp3) is 0.810. The van der Waals surface area contributed by atoms with Crippen LogP contribution >= 0.6 is 0 Å². The molecule has 5 heteroatoms. The molecule has 0 bridgehead atoms. The molecule has 0 aliphatic heterocycles. The highest BCUT2D eigenvalue weighted by Gasteiger charge is 2.68. The van der Waals surface area contributed by atoms with Gasteiger partial charge in [0, 0.05) is 24.2 Å². The fourth-order valence-electron chi connectivity index (χ4n) is 7.12. The van der Waals surface area contributed by atoms with Crippen LogP contribution in [0.15, 0.2) is 11.6 Å². The Bertz CT molecular complexity index is 684. The van der Waals surface area contributed by atoms with Gasteiger partial charge in [-0.25, -0.2) is 0 Å². The third kappa shape index (κ3) is 2.14. The van der Waals surface area contributed by atoms with E-state index in [9.17, 15) is 24.9 Å². The van der Waals surface area contributed by atoms with E-state index in [-0.39, 0.29) is 41.2 Å². The summed E-state index contributed by atoms with van der Waals surface area (Å²) in [6.07, 6.45) is 4.93. The molecule has 0 unspecified atom stereocenters. The summed E-state index contributed by atoms with van der Waals surface area (Å²) >= 11 is 0. The van der Waals surface area contributed by atoms with Gasteiger partial charge in [0.1, 0.15) is 11.9 Å². The van der Waals surface area contributed by atoms with Crippen LogP contribution < -0.4 is 0 Å². The Balaban J connectivity index is 1.74. The molecule has 0 amide bonds. The van der Waals surface area contributed by atoms with Crippen LogP contribution in [0.5, 0.6) is 0 Å². The molecule has 3 saturated carbocycles. The SMILES string of the molecule is C[C@@]12CCC(=O)C=C1CC[C@H]1[C@H]2C(=O)C[C@]2(C)[C@H]1CC[C@@]2(O)[C@H](O)CO. The van der Waals surface area contributed by atoms with Crippen LogP contribution in [0, 0.1) is 28.6 Å². The van der Waals surface area contributed by atoms with Gasteiger partial charge in [-0.3, -0.25) is 9.59 Å². The van der Waals surface area contributed by atoms with Crippen molar-refractivity contribution >= 4 is 11.6 Å². The van der Waals surface area contributed by atoms with E-state index in [0.29, 0.717) is 12.8 Å². The maximum Gasteiger partial charge on any atom is 0.155 e. The monoisotopic (exact) mass is 362 g/mol. The highest BCUT2D eigenvalue weighted by atomic mass is 16.4. The molecule has 0 saturated heterocycles. The summed E-state index contributed by atoms with van der Waals surface area (Å²) < 4.78 is 0. The van der Waals surface area contributed by atoms with E-state index in [0.717, 1.165) is 31.3 Å². The van der Waals surface area contributed by atoms with Crippen LogP contribution in [0.25, 0.3) is 0 Å². The predicted octanol–water partition coefficient (Wildman–Crippen LogP) is 1.78. The Morgan fingerprint density at radius 3 is 2.62 bits per heavy atom. The third-order valence-electron chi connectivity index (χ3n) is 8.59. The van der Waals surface area contributed by atoms with Crippen molar-refractivity contribution in [2.75, 3.05) is 6.61 Å².